The highest BCUT2D eigenvalue weighted by Gasteiger charge is 2.16. The molecule has 6 nitrogen and oxygen atoms in total. The molecule has 0 saturated carbocycles. The Balaban J connectivity index is 2.26. The van der Waals surface area contributed by atoms with E-state index in [0.29, 0.717) is 36.1 Å². The van der Waals surface area contributed by atoms with Crippen molar-refractivity contribution in [2.75, 3.05) is 38.4 Å². The van der Waals surface area contributed by atoms with E-state index in [0.717, 1.165) is 0 Å². The molecular formula is C11H15N3O3. The number of anilines is 2. The van der Waals surface area contributed by atoms with Gasteiger partial charge in [-0.2, -0.15) is 0 Å². The number of nitrogens with zero attached hydrogens (tertiary/aromatic N) is 1. The highest BCUT2D eigenvalue weighted by atomic mass is 16.6. The minimum Gasteiger partial charge on any atom is -0.486 e. The second-order valence-electron chi connectivity index (χ2n) is 3.91. The average molecular weight is 237 g/mol. The summed E-state index contributed by atoms with van der Waals surface area (Å²) in [4.78, 5) is 12.9. The van der Waals surface area contributed by atoms with Crippen LogP contribution in [0.2, 0.25) is 0 Å². The van der Waals surface area contributed by atoms with Gasteiger partial charge < -0.3 is 25.4 Å². The van der Waals surface area contributed by atoms with Crippen LogP contribution < -0.4 is 20.5 Å². The van der Waals surface area contributed by atoms with E-state index in [2.05, 4.69) is 5.32 Å². The highest BCUT2D eigenvalue weighted by molar-refractivity contribution is 5.93. The summed E-state index contributed by atoms with van der Waals surface area (Å²) in [5.74, 6) is 1.20. The van der Waals surface area contributed by atoms with Gasteiger partial charge in [0.25, 0.3) is 0 Å². The third-order valence-electron chi connectivity index (χ3n) is 2.36. The number of nitrogen functional groups attached to an aromatic ring is 1. The van der Waals surface area contributed by atoms with Crippen molar-refractivity contribution in [3.63, 3.8) is 0 Å². The molecule has 0 unspecified atom stereocenters. The Morgan fingerprint density at radius 2 is 1.88 bits per heavy atom. The average Bonchev–Trinajstić information content (AvgIpc) is 2.29. The Bertz CT molecular complexity index is 446. The molecular weight excluding hydrogens is 222 g/mol. The van der Waals surface area contributed by atoms with E-state index in [-0.39, 0.29) is 6.03 Å². The van der Waals surface area contributed by atoms with Gasteiger partial charge in [0, 0.05) is 26.2 Å². The van der Waals surface area contributed by atoms with Gasteiger partial charge >= 0.3 is 6.03 Å². The van der Waals surface area contributed by atoms with Crippen LogP contribution in [0, 0.1) is 0 Å². The predicted molar refractivity (Wildman–Crippen MR) is 64.6 cm³/mol. The number of carbonyl (C=O) groups is 1. The molecule has 1 aromatic rings. The number of rotatable bonds is 1. The number of nitrogens with one attached hydrogen (secondary N) is 1. The first-order valence-electron chi connectivity index (χ1n) is 5.25. The van der Waals surface area contributed by atoms with Crippen molar-refractivity contribution in [2.24, 2.45) is 0 Å². The lowest BCUT2D eigenvalue weighted by atomic mass is 10.2. The fourth-order valence-corrected chi connectivity index (χ4v) is 1.44. The Labute approximate surface area is 99.3 Å². The van der Waals surface area contributed by atoms with Gasteiger partial charge in [-0.15, -0.1) is 0 Å². The topological polar surface area (TPSA) is 76.8 Å². The van der Waals surface area contributed by atoms with Gasteiger partial charge in [0.2, 0.25) is 0 Å². The third kappa shape index (κ3) is 2.35. The van der Waals surface area contributed by atoms with Gasteiger partial charge in [0.05, 0.1) is 11.4 Å². The number of nitrogens with two attached hydrogens (primary N) is 1. The molecule has 0 radical (unpaired) electrons. The monoisotopic (exact) mass is 237 g/mol. The Kier molecular flexibility index (Phi) is 2.95. The smallest absolute Gasteiger partial charge is 0.321 e. The van der Waals surface area contributed by atoms with Crippen LogP contribution in [0.3, 0.4) is 0 Å². The van der Waals surface area contributed by atoms with E-state index in [1.165, 1.54) is 4.90 Å². The second kappa shape index (κ2) is 4.40. The Hall–Kier alpha value is -2.11. The van der Waals surface area contributed by atoms with Gasteiger partial charge in [0.15, 0.2) is 11.5 Å². The lowest BCUT2D eigenvalue weighted by Gasteiger charge is -2.21. The summed E-state index contributed by atoms with van der Waals surface area (Å²) in [6.07, 6.45) is 0. The van der Waals surface area contributed by atoms with E-state index < -0.39 is 0 Å². The molecule has 92 valence electrons. The van der Waals surface area contributed by atoms with Crippen molar-refractivity contribution in [3.8, 4) is 11.5 Å². The van der Waals surface area contributed by atoms with Crippen molar-refractivity contribution < 1.29 is 14.3 Å². The normalized spacial score (nSPS) is 13.1. The lowest BCUT2D eigenvalue weighted by Crippen LogP contribution is -2.27. The van der Waals surface area contributed by atoms with Gasteiger partial charge in [-0.25, -0.2) is 4.79 Å². The third-order valence-corrected chi connectivity index (χ3v) is 2.36. The van der Waals surface area contributed by atoms with E-state index in [1.54, 1.807) is 26.2 Å². The van der Waals surface area contributed by atoms with Gasteiger partial charge in [-0.05, 0) is 0 Å². The van der Waals surface area contributed by atoms with Crippen LogP contribution in [0.25, 0.3) is 0 Å². The molecule has 1 heterocycles. The van der Waals surface area contributed by atoms with Crippen LogP contribution in [0.4, 0.5) is 16.2 Å². The number of carbonyl (C=O) groups excluding carboxylic acids is 1. The van der Waals surface area contributed by atoms with Crippen LogP contribution in [-0.2, 0) is 0 Å². The van der Waals surface area contributed by atoms with Crippen molar-refractivity contribution in [2.45, 2.75) is 0 Å². The molecule has 0 fully saturated rings. The molecule has 0 saturated heterocycles. The quantitative estimate of drug-likeness (QED) is 0.718. The van der Waals surface area contributed by atoms with Crippen LogP contribution >= 0.6 is 0 Å². The molecule has 3 N–H and O–H groups in total. The van der Waals surface area contributed by atoms with Crippen LogP contribution in [-0.4, -0.2) is 38.2 Å². The summed E-state index contributed by atoms with van der Waals surface area (Å²) in [7, 11) is 3.31. The Morgan fingerprint density at radius 3 is 2.47 bits per heavy atom. The van der Waals surface area contributed by atoms with Crippen molar-refractivity contribution >= 4 is 17.4 Å². The first kappa shape index (κ1) is 11.4. The van der Waals surface area contributed by atoms with E-state index in [9.17, 15) is 4.79 Å². The van der Waals surface area contributed by atoms with Crippen LogP contribution in [0.1, 0.15) is 0 Å². The lowest BCUT2D eigenvalue weighted by molar-refractivity contribution is 0.172. The number of amides is 2. The van der Waals surface area contributed by atoms with Crippen molar-refractivity contribution in [1.29, 1.82) is 0 Å². The number of urea groups is 1. The molecule has 0 bridgehead atoms. The fourth-order valence-electron chi connectivity index (χ4n) is 1.44. The number of hydrogen-bond donors (Lipinski definition) is 2. The molecule has 17 heavy (non-hydrogen) atoms. The maximum absolute atomic E-state index is 11.5. The summed E-state index contributed by atoms with van der Waals surface area (Å²) in [6.45, 7) is 1.01. The molecule has 2 rings (SSSR count). The maximum Gasteiger partial charge on any atom is 0.321 e. The summed E-state index contributed by atoms with van der Waals surface area (Å²) in [6, 6.07) is 3.08. The first-order chi connectivity index (χ1) is 8.08. The zero-order valence-corrected chi connectivity index (χ0v) is 9.82. The molecule has 0 atom stereocenters. The summed E-state index contributed by atoms with van der Waals surface area (Å²) in [5, 5.41) is 2.69. The van der Waals surface area contributed by atoms with E-state index in [4.69, 9.17) is 15.2 Å². The zero-order valence-electron chi connectivity index (χ0n) is 9.82. The number of ether oxygens (including phenoxy) is 2. The minimum absolute atomic E-state index is 0.242. The molecule has 1 aliphatic rings. The first-order valence-corrected chi connectivity index (χ1v) is 5.25. The van der Waals surface area contributed by atoms with Gasteiger partial charge in [-0.3, -0.25) is 0 Å². The van der Waals surface area contributed by atoms with E-state index in [1.807, 2.05) is 0 Å². The second-order valence-corrected chi connectivity index (χ2v) is 3.91. The Morgan fingerprint density at radius 1 is 1.29 bits per heavy atom. The summed E-state index contributed by atoms with van der Waals surface area (Å²) < 4.78 is 10.8. The molecule has 2 amide bonds. The zero-order chi connectivity index (χ0) is 12.4. The summed E-state index contributed by atoms with van der Waals surface area (Å²) in [5.41, 5.74) is 6.79. The molecule has 6 heteroatoms. The minimum atomic E-state index is -0.242. The highest BCUT2D eigenvalue weighted by Crippen LogP contribution is 2.36. The number of hydrogen-bond acceptors (Lipinski definition) is 4. The van der Waals surface area contributed by atoms with Crippen molar-refractivity contribution in [3.05, 3.63) is 12.1 Å². The number of benzene rings is 1. The van der Waals surface area contributed by atoms with Gasteiger partial charge in [-0.1, -0.05) is 0 Å². The SMILES string of the molecule is CN(C)C(=O)Nc1cc2c(cc1N)OCCO2. The predicted octanol–water partition coefficient (Wildman–Crippen LogP) is 1.13. The molecule has 1 aromatic carbocycles. The molecule has 1 aliphatic heterocycles. The standard InChI is InChI=1S/C11H15N3O3/c1-14(2)11(15)13-8-6-10-9(5-7(8)12)16-3-4-17-10/h5-6H,3-4,12H2,1-2H3,(H,13,15). The molecule has 0 aromatic heterocycles. The summed E-state index contributed by atoms with van der Waals surface area (Å²) >= 11 is 0. The van der Waals surface area contributed by atoms with Crippen LogP contribution in [0.5, 0.6) is 11.5 Å². The molecule has 0 spiro atoms. The van der Waals surface area contributed by atoms with Gasteiger partial charge in [0.1, 0.15) is 13.2 Å². The maximum atomic E-state index is 11.5. The van der Waals surface area contributed by atoms with E-state index >= 15 is 0 Å². The largest absolute Gasteiger partial charge is 0.486 e. The van der Waals surface area contributed by atoms with Crippen LogP contribution in [0.15, 0.2) is 12.1 Å². The molecule has 0 aliphatic carbocycles. The number of fused-ring (bicyclic) bond motifs is 1. The fraction of sp³-hybridized carbons (Fsp3) is 0.364. The van der Waals surface area contributed by atoms with Crippen molar-refractivity contribution in [1.82, 2.24) is 4.90 Å².